The Labute approximate surface area is 134 Å². The summed E-state index contributed by atoms with van der Waals surface area (Å²) in [6.45, 7) is 4.53. The predicted octanol–water partition coefficient (Wildman–Crippen LogP) is 1.84. The Bertz CT molecular complexity index is 695. The van der Waals surface area contributed by atoms with Crippen LogP contribution in [-0.4, -0.2) is 36.7 Å². The number of amides is 1. The van der Waals surface area contributed by atoms with E-state index >= 15 is 0 Å². The highest BCUT2D eigenvalue weighted by Crippen LogP contribution is 2.52. The molecule has 0 aromatic heterocycles. The molecule has 1 aromatic carbocycles. The van der Waals surface area contributed by atoms with E-state index in [-0.39, 0.29) is 18.0 Å². The molecule has 0 unspecified atom stereocenters. The van der Waals surface area contributed by atoms with Crippen LogP contribution in [0.4, 0.5) is 5.69 Å². The number of anilines is 1. The van der Waals surface area contributed by atoms with Crippen LogP contribution in [0.5, 0.6) is 0 Å². The number of nitrogens with zero attached hydrogens (tertiary/aromatic N) is 1. The second-order valence-corrected chi connectivity index (χ2v) is 6.41. The summed E-state index contributed by atoms with van der Waals surface area (Å²) < 4.78 is 11.2. The number of rotatable bonds is 3. The van der Waals surface area contributed by atoms with Gasteiger partial charge in [-0.3, -0.25) is 9.59 Å². The molecule has 2 saturated heterocycles. The third-order valence-electron chi connectivity index (χ3n) is 5.00. The lowest BCUT2D eigenvalue weighted by atomic mass is 9.77. The molecular weight excluding hydrogens is 294 g/mol. The molecule has 1 spiro atoms. The molecular formula is C18H19NO4. The molecule has 3 aliphatic rings. The minimum atomic E-state index is -0.690. The molecule has 1 aromatic rings. The zero-order valence-corrected chi connectivity index (χ0v) is 13.2. The molecule has 0 aliphatic carbocycles. The number of hydrogen-bond acceptors (Lipinski definition) is 4. The van der Waals surface area contributed by atoms with Gasteiger partial charge < -0.3 is 14.4 Å². The molecule has 4 atom stereocenters. The summed E-state index contributed by atoms with van der Waals surface area (Å²) in [4.78, 5) is 27.0. The van der Waals surface area contributed by atoms with Crippen molar-refractivity contribution in [3.63, 3.8) is 0 Å². The Morgan fingerprint density at radius 2 is 2.13 bits per heavy atom. The van der Waals surface area contributed by atoms with Gasteiger partial charge in [-0.05, 0) is 26.0 Å². The molecule has 5 heteroatoms. The van der Waals surface area contributed by atoms with Gasteiger partial charge in [-0.15, -0.1) is 0 Å². The Balaban J connectivity index is 1.68. The van der Waals surface area contributed by atoms with Gasteiger partial charge in [0.2, 0.25) is 5.91 Å². The number of benzene rings is 1. The van der Waals surface area contributed by atoms with Crippen LogP contribution < -0.4 is 4.90 Å². The van der Waals surface area contributed by atoms with Gasteiger partial charge in [0.25, 0.3) is 0 Å². The minimum absolute atomic E-state index is 0.0567. The molecule has 5 nitrogen and oxygen atoms in total. The van der Waals surface area contributed by atoms with E-state index in [1.54, 1.807) is 11.8 Å². The molecule has 23 heavy (non-hydrogen) atoms. The number of hydrogen-bond donors (Lipinski definition) is 0. The van der Waals surface area contributed by atoms with E-state index in [1.807, 2.05) is 43.3 Å². The van der Waals surface area contributed by atoms with Crippen LogP contribution >= 0.6 is 0 Å². The van der Waals surface area contributed by atoms with Crippen molar-refractivity contribution in [2.24, 2.45) is 11.8 Å². The number of carbonyl (C=O) groups is 2. The zero-order valence-electron chi connectivity index (χ0n) is 13.2. The normalized spacial score (nSPS) is 34.1. The number of carbonyl (C=O) groups excluding carboxylic acids is 2. The number of fused-ring (bicyclic) bond motifs is 1. The average Bonchev–Trinajstić information content (AvgIpc) is 3.17. The van der Waals surface area contributed by atoms with E-state index in [4.69, 9.17) is 9.47 Å². The number of ether oxygens (including phenoxy) is 2. The van der Waals surface area contributed by atoms with Crippen molar-refractivity contribution in [2.75, 3.05) is 18.1 Å². The molecule has 2 fully saturated rings. The first-order valence-electron chi connectivity index (χ1n) is 7.97. The molecule has 4 rings (SSSR count). The first kappa shape index (κ1) is 14.5. The van der Waals surface area contributed by atoms with Crippen molar-refractivity contribution in [2.45, 2.75) is 25.6 Å². The summed E-state index contributed by atoms with van der Waals surface area (Å²) in [7, 11) is 0. The molecule has 3 heterocycles. The molecule has 120 valence electrons. The van der Waals surface area contributed by atoms with Crippen molar-refractivity contribution in [1.82, 2.24) is 0 Å². The molecule has 2 bridgehead atoms. The summed E-state index contributed by atoms with van der Waals surface area (Å²) in [6.07, 6.45) is 3.50. The van der Waals surface area contributed by atoms with Gasteiger partial charge in [0.15, 0.2) is 0 Å². The monoisotopic (exact) mass is 313 g/mol. The smallest absolute Gasteiger partial charge is 0.312 e. The van der Waals surface area contributed by atoms with Crippen molar-refractivity contribution >= 4 is 17.6 Å². The van der Waals surface area contributed by atoms with Crippen LogP contribution in [0, 0.1) is 18.8 Å². The fourth-order valence-corrected chi connectivity index (χ4v) is 3.95. The first-order valence-corrected chi connectivity index (χ1v) is 7.97. The Morgan fingerprint density at radius 1 is 1.39 bits per heavy atom. The lowest BCUT2D eigenvalue weighted by Crippen LogP contribution is -2.40. The molecule has 0 radical (unpaired) electrons. The van der Waals surface area contributed by atoms with Crippen LogP contribution in [0.15, 0.2) is 36.4 Å². The lowest BCUT2D eigenvalue weighted by Gasteiger charge is -2.22. The second kappa shape index (κ2) is 4.93. The lowest BCUT2D eigenvalue weighted by molar-refractivity contribution is -0.151. The van der Waals surface area contributed by atoms with Crippen LogP contribution in [0.25, 0.3) is 0 Å². The van der Waals surface area contributed by atoms with Gasteiger partial charge in [-0.2, -0.15) is 0 Å². The number of esters is 1. The maximum absolute atomic E-state index is 13.0. The standard InChI is InChI=1S/C18H19NO4/c1-3-22-17(21)14-13-8-9-18(23-13)10-19(16(20)15(14)18)12-6-4-11(2)5-7-12/h4-9,13-15H,3,10H2,1-2H3/t13-,14-,15+,18+/m1/s1. The van der Waals surface area contributed by atoms with Crippen LogP contribution in [0.1, 0.15) is 12.5 Å². The minimum Gasteiger partial charge on any atom is -0.466 e. The maximum Gasteiger partial charge on any atom is 0.312 e. The Morgan fingerprint density at radius 3 is 2.83 bits per heavy atom. The van der Waals surface area contributed by atoms with Crippen LogP contribution in [0.2, 0.25) is 0 Å². The van der Waals surface area contributed by atoms with Gasteiger partial charge in [-0.1, -0.05) is 29.8 Å². The molecule has 0 N–H and O–H groups in total. The fraction of sp³-hybridized carbons (Fsp3) is 0.444. The number of aryl methyl sites for hydroxylation is 1. The Kier molecular flexibility index (Phi) is 3.10. The summed E-state index contributed by atoms with van der Waals surface area (Å²) >= 11 is 0. The summed E-state index contributed by atoms with van der Waals surface area (Å²) in [6, 6.07) is 7.82. The third kappa shape index (κ3) is 1.96. The molecule has 3 aliphatic heterocycles. The highest BCUT2D eigenvalue weighted by atomic mass is 16.6. The molecule has 1 amide bonds. The largest absolute Gasteiger partial charge is 0.466 e. The van der Waals surface area contributed by atoms with E-state index in [0.29, 0.717) is 13.2 Å². The van der Waals surface area contributed by atoms with E-state index in [1.165, 1.54) is 0 Å². The third-order valence-corrected chi connectivity index (χ3v) is 5.00. The summed E-state index contributed by atoms with van der Waals surface area (Å²) in [5.41, 5.74) is 1.29. The predicted molar refractivity (Wildman–Crippen MR) is 83.9 cm³/mol. The van der Waals surface area contributed by atoms with E-state index in [2.05, 4.69) is 0 Å². The zero-order chi connectivity index (χ0) is 16.2. The quantitative estimate of drug-likeness (QED) is 0.631. The van der Waals surface area contributed by atoms with Crippen molar-refractivity contribution < 1.29 is 19.1 Å². The van der Waals surface area contributed by atoms with Gasteiger partial charge in [-0.25, -0.2) is 0 Å². The van der Waals surface area contributed by atoms with E-state index in [0.717, 1.165) is 11.3 Å². The van der Waals surface area contributed by atoms with Gasteiger partial charge >= 0.3 is 5.97 Å². The fourth-order valence-electron chi connectivity index (χ4n) is 3.95. The summed E-state index contributed by atoms with van der Waals surface area (Å²) in [5.74, 6) is -1.42. The van der Waals surface area contributed by atoms with Gasteiger partial charge in [0.05, 0.1) is 25.2 Å². The highest BCUT2D eigenvalue weighted by Gasteiger charge is 2.67. The van der Waals surface area contributed by atoms with Gasteiger partial charge in [0.1, 0.15) is 11.5 Å². The van der Waals surface area contributed by atoms with Crippen molar-refractivity contribution in [3.8, 4) is 0 Å². The van der Waals surface area contributed by atoms with Crippen molar-refractivity contribution in [1.29, 1.82) is 0 Å². The maximum atomic E-state index is 13.0. The van der Waals surface area contributed by atoms with Crippen molar-refractivity contribution in [3.05, 3.63) is 42.0 Å². The summed E-state index contributed by atoms with van der Waals surface area (Å²) in [5, 5.41) is 0. The second-order valence-electron chi connectivity index (χ2n) is 6.41. The average molecular weight is 313 g/mol. The molecule has 0 saturated carbocycles. The van der Waals surface area contributed by atoms with E-state index < -0.39 is 17.4 Å². The first-order chi connectivity index (χ1) is 11.1. The van der Waals surface area contributed by atoms with Crippen LogP contribution in [-0.2, 0) is 19.1 Å². The SMILES string of the molecule is CCOC(=O)[C@H]1[C@H]2C(=O)N(c3ccc(C)cc3)C[C@@]23C=C[C@H]1O3. The van der Waals surface area contributed by atoms with Gasteiger partial charge in [0, 0.05) is 5.69 Å². The Hall–Kier alpha value is -2.14. The highest BCUT2D eigenvalue weighted by molar-refractivity contribution is 6.02. The van der Waals surface area contributed by atoms with E-state index in [9.17, 15) is 9.59 Å². The van der Waals surface area contributed by atoms with Crippen LogP contribution in [0.3, 0.4) is 0 Å². The topological polar surface area (TPSA) is 55.8 Å².